The van der Waals surface area contributed by atoms with Gasteiger partial charge >= 0.3 is 0 Å². The van der Waals surface area contributed by atoms with Crippen molar-refractivity contribution in [2.75, 3.05) is 39.3 Å². The van der Waals surface area contributed by atoms with E-state index in [2.05, 4.69) is 31.5 Å². The fourth-order valence-electron chi connectivity index (χ4n) is 2.28. The lowest BCUT2D eigenvalue weighted by Gasteiger charge is -2.27. The number of nitrogens with zero attached hydrogens (tertiary/aromatic N) is 2. The molecule has 0 spiro atoms. The molecule has 6 heteroatoms. The largest absolute Gasteiger partial charge is 0.349 e. The molecule has 1 aromatic heterocycles. The zero-order valence-corrected chi connectivity index (χ0v) is 12.9. The van der Waals surface area contributed by atoms with Crippen LogP contribution in [0, 0.1) is 0 Å². The van der Waals surface area contributed by atoms with E-state index in [4.69, 9.17) is 0 Å². The molecule has 0 aliphatic carbocycles. The Labute approximate surface area is 122 Å². The minimum Gasteiger partial charge on any atom is -0.349 e. The molecule has 19 heavy (non-hydrogen) atoms. The van der Waals surface area contributed by atoms with Crippen LogP contribution < -0.4 is 10.6 Å². The summed E-state index contributed by atoms with van der Waals surface area (Å²) >= 11 is 3.41. The second-order valence-corrected chi connectivity index (χ2v) is 5.59. The topological polar surface area (TPSA) is 49.3 Å². The van der Waals surface area contributed by atoms with Crippen LogP contribution in [0.5, 0.6) is 0 Å². The molecule has 0 unspecified atom stereocenters. The van der Waals surface area contributed by atoms with E-state index in [0.29, 0.717) is 6.54 Å². The Morgan fingerprint density at radius 3 is 2.89 bits per heavy atom. The van der Waals surface area contributed by atoms with Gasteiger partial charge in [-0.05, 0) is 28.9 Å². The highest BCUT2D eigenvalue weighted by molar-refractivity contribution is 9.10. The molecule has 0 aromatic carbocycles. The molecule has 2 rings (SSSR count). The van der Waals surface area contributed by atoms with Crippen LogP contribution in [-0.4, -0.2) is 54.6 Å². The van der Waals surface area contributed by atoms with Gasteiger partial charge in [0, 0.05) is 56.5 Å². The summed E-state index contributed by atoms with van der Waals surface area (Å²) in [6.45, 7) is 8.65. The number of rotatable bonds is 5. The zero-order valence-electron chi connectivity index (χ0n) is 11.3. The van der Waals surface area contributed by atoms with E-state index in [0.717, 1.165) is 49.4 Å². The van der Waals surface area contributed by atoms with Crippen molar-refractivity contribution in [2.45, 2.75) is 13.5 Å². The number of carbonyl (C=O) groups excluding carboxylic acids is 1. The Morgan fingerprint density at radius 1 is 1.47 bits per heavy atom. The quantitative estimate of drug-likeness (QED) is 0.844. The van der Waals surface area contributed by atoms with Crippen LogP contribution in [0.4, 0.5) is 0 Å². The summed E-state index contributed by atoms with van der Waals surface area (Å²) in [5.74, 6) is 0.00249. The van der Waals surface area contributed by atoms with Crippen molar-refractivity contribution in [1.82, 2.24) is 20.1 Å². The fourth-order valence-corrected chi connectivity index (χ4v) is 2.74. The smallest absolute Gasteiger partial charge is 0.267 e. The van der Waals surface area contributed by atoms with Crippen LogP contribution in [-0.2, 0) is 6.54 Å². The van der Waals surface area contributed by atoms with Gasteiger partial charge in [-0.3, -0.25) is 9.69 Å². The zero-order chi connectivity index (χ0) is 13.7. The molecular formula is C13H21BrN4O. The van der Waals surface area contributed by atoms with E-state index in [1.807, 2.05) is 23.8 Å². The van der Waals surface area contributed by atoms with Crippen LogP contribution in [0.15, 0.2) is 16.7 Å². The lowest BCUT2D eigenvalue weighted by molar-refractivity contribution is 0.0938. The number of aromatic nitrogens is 1. The highest BCUT2D eigenvalue weighted by Crippen LogP contribution is 2.14. The fraction of sp³-hybridized carbons (Fsp3) is 0.615. The maximum atomic E-state index is 12.1. The number of halogens is 1. The number of nitrogens with one attached hydrogen (secondary N) is 2. The van der Waals surface area contributed by atoms with Crippen molar-refractivity contribution < 1.29 is 4.79 Å². The van der Waals surface area contributed by atoms with Crippen molar-refractivity contribution in [2.24, 2.45) is 0 Å². The van der Waals surface area contributed by atoms with E-state index in [1.54, 1.807) is 0 Å². The summed E-state index contributed by atoms with van der Waals surface area (Å²) in [5, 5.41) is 6.31. The second-order valence-electron chi connectivity index (χ2n) is 4.68. The standard InChI is InChI=1S/C13H21BrN4O/c1-2-18-10-11(14)9-12(18)13(19)16-5-8-17-6-3-15-4-7-17/h9-10,15H,2-8H2,1H3,(H,16,19). The summed E-state index contributed by atoms with van der Waals surface area (Å²) in [4.78, 5) is 14.5. The van der Waals surface area contributed by atoms with E-state index < -0.39 is 0 Å². The SMILES string of the molecule is CCn1cc(Br)cc1C(=O)NCCN1CCNCC1. The van der Waals surface area contributed by atoms with Crippen LogP contribution in [0.2, 0.25) is 0 Å². The molecule has 1 aliphatic heterocycles. The van der Waals surface area contributed by atoms with Gasteiger partial charge in [-0.15, -0.1) is 0 Å². The number of hydrogen-bond donors (Lipinski definition) is 2. The summed E-state index contributed by atoms with van der Waals surface area (Å²) in [7, 11) is 0. The first-order chi connectivity index (χ1) is 9.20. The molecule has 1 saturated heterocycles. The summed E-state index contributed by atoms with van der Waals surface area (Å²) in [5.41, 5.74) is 0.717. The van der Waals surface area contributed by atoms with Gasteiger partial charge in [0.05, 0.1) is 0 Å². The molecule has 106 valence electrons. The predicted octanol–water partition coefficient (Wildman–Crippen LogP) is 0.905. The van der Waals surface area contributed by atoms with E-state index in [9.17, 15) is 4.79 Å². The monoisotopic (exact) mass is 328 g/mol. The average Bonchev–Trinajstić information content (AvgIpc) is 2.81. The first kappa shape index (κ1) is 14.6. The van der Waals surface area contributed by atoms with Gasteiger partial charge in [0.1, 0.15) is 5.69 Å². The maximum Gasteiger partial charge on any atom is 0.267 e. The molecule has 0 radical (unpaired) electrons. The average molecular weight is 329 g/mol. The molecule has 1 amide bonds. The Hall–Kier alpha value is -0.850. The normalized spacial score (nSPS) is 16.5. The summed E-state index contributed by atoms with van der Waals surface area (Å²) in [6, 6.07) is 1.86. The van der Waals surface area contributed by atoms with Gasteiger partial charge in [0.15, 0.2) is 0 Å². The van der Waals surface area contributed by atoms with E-state index in [-0.39, 0.29) is 5.91 Å². The maximum absolute atomic E-state index is 12.1. The van der Waals surface area contributed by atoms with Crippen molar-refractivity contribution in [3.05, 3.63) is 22.4 Å². The first-order valence-electron chi connectivity index (χ1n) is 6.77. The van der Waals surface area contributed by atoms with E-state index in [1.165, 1.54) is 0 Å². The Bertz CT molecular complexity index is 426. The van der Waals surface area contributed by atoms with Gasteiger partial charge in [-0.25, -0.2) is 0 Å². The van der Waals surface area contributed by atoms with Gasteiger partial charge in [-0.2, -0.15) is 0 Å². The van der Waals surface area contributed by atoms with Crippen LogP contribution in [0.1, 0.15) is 17.4 Å². The Balaban J connectivity index is 1.80. The third kappa shape index (κ3) is 4.06. The minimum absolute atomic E-state index is 0.00249. The Morgan fingerprint density at radius 2 is 2.21 bits per heavy atom. The van der Waals surface area contributed by atoms with Gasteiger partial charge in [0.2, 0.25) is 0 Å². The van der Waals surface area contributed by atoms with Gasteiger partial charge in [0.25, 0.3) is 5.91 Å². The summed E-state index contributed by atoms with van der Waals surface area (Å²) < 4.78 is 2.89. The highest BCUT2D eigenvalue weighted by Gasteiger charge is 2.13. The number of piperazine rings is 1. The van der Waals surface area contributed by atoms with Gasteiger partial charge < -0.3 is 15.2 Å². The Kier molecular flexibility index (Phi) is 5.42. The molecule has 0 bridgehead atoms. The van der Waals surface area contributed by atoms with Crippen molar-refractivity contribution in [1.29, 1.82) is 0 Å². The molecular weight excluding hydrogens is 308 g/mol. The number of aryl methyl sites for hydroxylation is 1. The number of amides is 1. The van der Waals surface area contributed by atoms with Crippen molar-refractivity contribution in [3.8, 4) is 0 Å². The third-order valence-corrected chi connectivity index (χ3v) is 3.79. The predicted molar refractivity (Wildman–Crippen MR) is 79.4 cm³/mol. The molecule has 1 aromatic rings. The molecule has 1 aliphatic rings. The van der Waals surface area contributed by atoms with Gasteiger partial charge in [-0.1, -0.05) is 0 Å². The molecule has 5 nitrogen and oxygen atoms in total. The third-order valence-electron chi connectivity index (χ3n) is 3.36. The van der Waals surface area contributed by atoms with Crippen LogP contribution in [0.25, 0.3) is 0 Å². The first-order valence-corrected chi connectivity index (χ1v) is 7.57. The number of carbonyl (C=O) groups is 1. The molecule has 2 N–H and O–H groups in total. The number of hydrogen-bond acceptors (Lipinski definition) is 3. The molecule has 1 fully saturated rings. The van der Waals surface area contributed by atoms with Crippen LogP contribution >= 0.6 is 15.9 Å². The van der Waals surface area contributed by atoms with E-state index >= 15 is 0 Å². The van der Waals surface area contributed by atoms with Crippen molar-refractivity contribution >= 4 is 21.8 Å². The van der Waals surface area contributed by atoms with Crippen molar-refractivity contribution in [3.63, 3.8) is 0 Å². The lowest BCUT2D eigenvalue weighted by Crippen LogP contribution is -2.46. The molecule has 0 saturated carbocycles. The summed E-state index contributed by atoms with van der Waals surface area (Å²) in [6.07, 6.45) is 1.94. The lowest BCUT2D eigenvalue weighted by atomic mass is 10.3. The van der Waals surface area contributed by atoms with Crippen LogP contribution in [0.3, 0.4) is 0 Å². The molecule has 2 heterocycles. The molecule has 0 atom stereocenters. The minimum atomic E-state index is 0.00249. The highest BCUT2D eigenvalue weighted by atomic mass is 79.9. The second kappa shape index (κ2) is 7.07.